The van der Waals surface area contributed by atoms with Crippen LogP contribution in [0.3, 0.4) is 0 Å². The van der Waals surface area contributed by atoms with Crippen LogP contribution in [0.15, 0.2) is 95.8 Å². The van der Waals surface area contributed by atoms with Gasteiger partial charge >= 0.3 is 0 Å². The van der Waals surface area contributed by atoms with E-state index in [-0.39, 0.29) is 17.6 Å². The largest absolute Gasteiger partial charge is 0.342 e. The van der Waals surface area contributed by atoms with Crippen molar-refractivity contribution >= 4 is 27.5 Å². The first-order chi connectivity index (χ1) is 18.7. The van der Waals surface area contributed by atoms with E-state index in [1.165, 1.54) is 16.0 Å². The van der Waals surface area contributed by atoms with Crippen molar-refractivity contribution in [2.45, 2.75) is 31.3 Å². The number of hydrogen-bond acceptors (Lipinski definition) is 5. The molecule has 0 N–H and O–H groups in total. The van der Waals surface area contributed by atoms with Crippen molar-refractivity contribution < 1.29 is 0 Å². The number of benzene rings is 3. The molecule has 190 valence electrons. The van der Waals surface area contributed by atoms with Gasteiger partial charge in [0.1, 0.15) is 4.83 Å². The van der Waals surface area contributed by atoms with E-state index in [0.29, 0.717) is 0 Å². The summed E-state index contributed by atoms with van der Waals surface area (Å²) in [6.07, 6.45) is 3.04. The molecule has 0 spiro atoms. The molecule has 38 heavy (non-hydrogen) atoms. The van der Waals surface area contributed by atoms with Crippen LogP contribution in [0.25, 0.3) is 15.9 Å². The monoisotopic (exact) mass is 518 g/mol. The molecule has 4 heterocycles. The van der Waals surface area contributed by atoms with Gasteiger partial charge in [-0.2, -0.15) is 0 Å². The van der Waals surface area contributed by atoms with Gasteiger partial charge in [0, 0.05) is 24.0 Å². The number of hydrogen-bond donors (Lipinski definition) is 0. The van der Waals surface area contributed by atoms with Gasteiger partial charge < -0.3 is 4.90 Å². The molecule has 3 aromatic carbocycles. The van der Waals surface area contributed by atoms with Gasteiger partial charge in [-0.05, 0) is 55.1 Å². The van der Waals surface area contributed by atoms with E-state index in [1.54, 1.807) is 11.3 Å². The summed E-state index contributed by atoms with van der Waals surface area (Å²) in [4.78, 5) is 26.6. The number of para-hydroxylation sites is 1. The number of thiophene rings is 1. The molecule has 0 aliphatic carbocycles. The van der Waals surface area contributed by atoms with Gasteiger partial charge in [0.25, 0.3) is 5.56 Å². The lowest BCUT2D eigenvalue weighted by atomic mass is 9.87. The maximum absolute atomic E-state index is 14.5. The smallest absolute Gasteiger partial charge is 0.268 e. The standard InChI is InChI=1S/C32H30N4OS/c1-34-26(22-13-5-2-6-14-22)21-25-27-30(38-29(25)28(34)23-15-7-3-8-16-23)33-32(35-19-11-12-20-35)36(31(27)37)24-17-9-4-10-18-24/h2-10,13-18,26,28H,11-12,19-21H2,1H3. The first-order valence-electron chi connectivity index (χ1n) is 13.4. The second-order valence-corrected chi connectivity index (χ2v) is 11.3. The zero-order valence-corrected chi connectivity index (χ0v) is 22.3. The number of aromatic nitrogens is 2. The van der Waals surface area contributed by atoms with Crippen LogP contribution in [-0.2, 0) is 6.42 Å². The molecule has 2 unspecified atom stereocenters. The van der Waals surface area contributed by atoms with Gasteiger partial charge in [0.05, 0.1) is 17.1 Å². The highest BCUT2D eigenvalue weighted by Crippen LogP contribution is 2.48. The average molecular weight is 519 g/mol. The van der Waals surface area contributed by atoms with Gasteiger partial charge in [-0.15, -0.1) is 11.3 Å². The molecular weight excluding hydrogens is 488 g/mol. The number of anilines is 1. The molecule has 2 aromatic heterocycles. The second kappa shape index (κ2) is 9.53. The molecule has 5 nitrogen and oxygen atoms in total. The normalized spacial score (nSPS) is 19.7. The van der Waals surface area contributed by atoms with Crippen molar-refractivity contribution in [1.82, 2.24) is 14.5 Å². The predicted octanol–water partition coefficient (Wildman–Crippen LogP) is 6.37. The van der Waals surface area contributed by atoms with Gasteiger partial charge in [-0.25, -0.2) is 9.55 Å². The summed E-state index contributed by atoms with van der Waals surface area (Å²) in [5, 5.41) is 0.784. The molecular formula is C32H30N4OS. The van der Waals surface area contributed by atoms with E-state index < -0.39 is 0 Å². The molecule has 0 bridgehead atoms. The fourth-order valence-electron chi connectivity index (χ4n) is 6.23. The van der Waals surface area contributed by atoms with Crippen LogP contribution in [0.5, 0.6) is 0 Å². The molecule has 5 aromatic rings. The minimum absolute atomic E-state index is 0.0452. The third-order valence-corrected chi connectivity index (χ3v) is 9.26. The molecule has 6 heteroatoms. The molecule has 1 saturated heterocycles. The van der Waals surface area contributed by atoms with Crippen molar-refractivity contribution in [3.63, 3.8) is 0 Å². The van der Waals surface area contributed by atoms with Crippen molar-refractivity contribution in [3.05, 3.63) is 123 Å². The zero-order valence-electron chi connectivity index (χ0n) is 21.5. The van der Waals surface area contributed by atoms with E-state index in [0.717, 1.165) is 59.8 Å². The summed E-state index contributed by atoms with van der Waals surface area (Å²) >= 11 is 1.70. The van der Waals surface area contributed by atoms with Gasteiger partial charge in [0.15, 0.2) is 0 Å². The molecule has 2 aliphatic heterocycles. The third kappa shape index (κ3) is 3.79. The van der Waals surface area contributed by atoms with Crippen molar-refractivity contribution in [3.8, 4) is 5.69 Å². The lowest BCUT2D eigenvalue weighted by Crippen LogP contribution is -2.36. The van der Waals surface area contributed by atoms with E-state index in [1.807, 2.05) is 34.9 Å². The van der Waals surface area contributed by atoms with Gasteiger partial charge in [-0.1, -0.05) is 78.9 Å². The summed E-state index contributed by atoms with van der Waals surface area (Å²) < 4.78 is 1.86. The van der Waals surface area contributed by atoms with Crippen LogP contribution in [0.1, 0.15) is 46.5 Å². The van der Waals surface area contributed by atoms with Crippen LogP contribution < -0.4 is 10.5 Å². The first kappa shape index (κ1) is 23.4. The molecule has 1 fully saturated rings. The van der Waals surface area contributed by atoms with E-state index in [9.17, 15) is 4.79 Å². The van der Waals surface area contributed by atoms with E-state index in [4.69, 9.17) is 4.98 Å². The Morgan fingerprint density at radius 1 is 0.816 bits per heavy atom. The first-order valence-corrected chi connectivity index (χ1v) is 14.2. The van der Waals surface area contributed by atoms with Crippen LogP contribution in [-0.4, -0.2) is 34.6 Å². The Labute approximate surface area is 226 Å². The van der Waals surface area contributed by atoms with E-state index >= 15 is 0 Å². The Kier molecular flexibility index (Phi) is 5.87. The highest BCUT2D eigenvalue weighted by atomic mass is 32.1. The number of nitrogens with zero attached hydrogens (tertiary/aromatic N) is 4. The van der Waals surface area contributed by atoms with Crippen molar-refractivity contribution in [1.29, 1.82) is 0 Å². The summed E-state index contributed by atoms with van der Waals surface area (Å²) in [6, 6.07) is 31.6. The zero-order chi connectivity index (χ0) is 25.6. The maximum atomic E-state index is 14.5. The fraction of sp³-hybridized carbons (Fsp3) is 0.250. The topological polar surface area (TPSA) is 41.4 Å². The summed E-state index contributed by atoms with van der Waals surface area (Å²) in [5.74, 6) is 0.772. The minimum Gasteiger partial charge on any atom is -0.342 e. The second-order valence-electron chi connectivity index (χ2n) is 10.3. The highest BCUT2D eigenvalue weighted by molar-refractivity contribution is 7.19. The number of likely N-dealkylation sites (N-methyl/N-ethyl adjacent to an activating group) is 1. The van der Waals surface area contributed by atoms with Crippen molar-refractivity contribution in [2.75, 3.05) is 25.0 Å². The van der Waals surface area contributed by atoms with Crippen LogP contribution >= 0.6 is 11.3 Å². The predicted molar refractivity (Wildman–Crippen MR) is 156 cm³/mol. The Morgan fingerprint density at radius 3 is 2.08 bits per heavy atom. The quantitative estimate of drug-likeness (QED) is 0.277. The van der Waals surface area contributed by atoms with Gasteiger partial charge in [0.2, 0.25) is 5.95 Å². The Morgan fingerprint density at radius 2 is 1.42 bits per heavy atom. The van der Waals surface area contributed by atoms with Crippen LogP contribution in [0.2, 0.25) is 0 Å². The lowest BCUT2D eigenvalue weighted by molar-refractivity contribution is 0.185. The summed E-state index contributed by atoms with van der Waals surface area (Å²) in [6.45, 7) is 1.86. The van der Waals surface area contributed by atoms with Crippen LogP contribution in [0, 0.1) is 0 Å². The Bertz CT molecular complexity index is 1640. The van der Waals surface area contributed by atoms with Gasteiger partial charge in [-0.3, -0.25) is 9.69 Å². The molecule has 0 amide bonds. The average Bonchev–Trinajstić information content (AvgIpc) is 3.62. The number of rotatable bonds is 4. The Hall–Kier alpha value is -3.74. The van der Waals surface area contributed by atoms with E-state index in [2.05, 4.69) is 77.5 Å². The molecule has 7 rings (SSSR count). The van der Waals surface area contributed by atoms with Crippen LogP contribution in [0.4, 0.5) is 5.95 Å². The summed E-state index contributed by atoms with van der Waals surface area (Å²) in [7, 11) is 2.22. The molecule has 2 aliphatic rings. The fourth-order valence-corrected chi connectivity index (χ4v) is 7.60. The summed E-state index contributed by atoms with van der Waals surface area (Å²) in [5.41, 5.74) is 4.59. The lowest BCUT2D eigenvalue weighted by Gasteiger charge is -2.40. The molecule has 2 atom stereocenters. The van der Waals surface area contributed by atoms with Crippen molar-refractivity contribution in [2.24, 2.45) is 0 Å². The maximum Gasteiger partial charge on any atom is 0.268 e. The third-order valence-electron chi connectivity index (χ3n) is 8.09. The number of fused-ring (bicyclic) bond motifs is 3. The SMILES string of the molecule is CN1C(c2ccccc2)Cc2c(sc3nc(N4CCCC4)n(-c4ccccc4)c(=O)c23)C1c1ccccc1. The molecule has 0 radical (unpaired) electrons. The highest BCUT2D eigenvalue weighted by Gasteiger charge is 2.38. The molecule has 0 saturated carbocycles. The Balaban J connectivity index is 1.50. The minimum atomic E-state index is 0.0452.